The molecule has 1 heterocycles. The summed E-state index contributed by atoms with van der Waals surface area (Å²) in [6.45, 7) is 1.78. The summed E-state index contributed by atoms with van der Waals surface area (Å²) in [5.41, 5.74) is 2.42. The van der Waals surface area contributed by atoms with Gasteiger partial charge in [0.15, 0.2) is 0 Å². The van der Waals surface area contributed by atoms with Gasteiger partial charge in [0.05, 0.1) is 18.5 Å². The number of carboxylic acids is 1. The fourth-order valence-electron chi connectivity index (χ4n) is 3.09. The van der Waals surface area contributed by atoms with Crippen LogP contribution in [-0.2, 0) is 16.0 Å². The molecule has 0 bridgehead atoms. The minimum absolute atomic E-state index is 0.124. The van der Waals surface area contributed by atoms with Gasteiger partial charge in [0, 0.05) is 22.3 Å². The van der Waals surface area contributed by atoms with Gasteiger partial charge in [0.2, 0.25) is 0 Å². The molecule has 0 aromatic heterocycles. The van der Waals surface area contributed by atoms with Crippen LogP contribution in [0.3, 0.4) is 0 Å². The molecule has 29 heavy (non-hydrogen) atoms. The van der Waals surface area contributed by atoms with Crippen molar-refractivity contribution in [2.75, 3.05) is 5.01 Å². The van der Waals surface area contributed by atoms with Crippen molar-refractivity contribution in [2.24, 2.45) is 5.10 Å². The second kappa shape index (κ2) is 8.87. The number of carbonyl (C=O) groups is 3. The molecule has 8 heteroatoms. The Hall–Kier alpha value is -3.19. The highest BCUT2D eigenvalue weighted by Gasteiger charge is 2.23. The zero-order chi connectivity index (χ0) is 21.0. The van der Waals surface area contributed by atoms with Crippen molar-refractivity contribution < 1.29 is 19.5 Å². The number of nitrogens with one attached hydrogen (secondary N) is 1. The van der Waals surface area contributed by atoms with Crippen LogP contribution in [0.4, 0.5) is 5.69 Å². The molecule has 0 aliphatic carbocycles. The van der Waals surface area contributed by atoms with Gasteiger partial charge in [-0.1, -0.05) is 29.8 Å². The van der Waals surface area contributed by atoms with Crippen molar-refractivity contribution in [1.29, 1.82) is 0 Å². The molecular formula is C21H20ClN3O4. The molecule has 7 nitrogen and oxygen atoms in total. The van der Waals surface area contributed by atoms with E-state index in [1.807, 2.05) is 6.07 Å². The number of rotatable bonds is 7. The molecule has 0 radical (unpaired) electrons. The number of hydrogen-bond donors (Lipinski definition) is 2. The summed E-state index contributed by atoms with van der Waals surface area (Å²) in [5, 5.41) is 17.9. The molecule has 2 aromatic carbocycles. The summed E-state index contributed by atoms with van der Waals surface area (Å²) in [6.07, 6.45) is 0.346. The first-order valence-electron chi connectivity index (χ1n) is 9.06. The first-order valence-corrected chi connectivity index (χ1v) is 9.44. The topological polar surface area (TPSA) is 99.1 Å². The van der Waals surface area contributed by atoms with Crippen LogP contribution in [0.5, 0.6) is 0 Å². The van der Waals surface area contributed by atoms with E-state index in [4.69, 9.17) is 11.6 Å². The smallest absolute Gasteiger partial charge is 0.305 e. The summed E-state index contributed by atoms with van der Waals surface area (Å²) in [6, 6.07) is 12.9. The van der Waals surface area contributed by atoms with Gasteiger partial charge in [-0.05, 0) is 49.2 Å². The van der Waals surface area contributed by atoms with Crippen molar-refractivity contribution in [3.8, 4) is 0 Å². The van der Waals surface area contributed by atoms with Gasteiger partial charge in [0.25, 0.3) is 11.8 Å². The number of anilines is 1. The van der Waals surface area contributed by atoms with Crippen molar-refractivity contribution in [3.05, 3.63) is 64.7 Å². The molecule has 3 rings (SSSR count). The zero-order valence-electron chi connectivity index (χ0n) is 15.8. The number of carbonyl (C=O) groups excluding carboxylic acids is 2. The maximum Gasteiger partial charge on any atom is 0.305 e. The van der Waals surface area contributed by atoms with E-state index in [0.29, 0.717) is 22.7 Å². The van der Waals surface area contributed by atoms with E-state index in [0.717, 1.165) is 11.3 Å². The monoisotopic (exact) mass is 413 g/mol. The third kappa shape index (κ3) is 5.20. The fourth-order valence-corrected chi connectivity index (χ4v) is 3.31. The molecule has 150 valence electrons. The molecule has 0 fully saturated rings. The number of hydrogen-bond acceptors (Lipinski definition) is 4. The van der Waals surface area contributed by atoms with Gasteiger partial charge in [0.1, 0.15) is 0 Å². The van der Waals surface area contributed by atoms with E-state index in [-0.39, 0.29) is 18.7 Å². The summed E-state index contributed by atoms with van der Waals surface area (Å²) in [5.74, 6) is -1.54. The number of hydrazone groups is 1. The number of amides is 2. The number of benzene rings is 2. The summed E-state index contributed by atoms with van der Waals surface area (Å²) >= 11 is 6.16. The summed E-state index contributed by atoms with van der Waals surface area (Å²) in [4.78, 5) is 35.8. The molecule has 1 aliphatic heterocycles. The highest BCUT2D eigenvalue weighted by Crippen LogP contribution is 2.21. The second-order valence-electron chi connectivity index (χ2n) is 6.83. The lowest BCUT2D eigenvalue weighted by Crippen LogP contribution is -2.38. The Morgan fingerprint density at radius 2 is 1.90 bits per heavy atom. The molecule has 1 aliphatic rings. The first kappa shape index (κ1) is 20.5. The molecule has 1 atom stereocenters. The molecule has 2 N–H and O–H groups in total. The normalized spacial score (nSPS) is 14.5. The lowest BCUT2D eigenvalue weighted by Gasteiger charge is -2.18. The molecule has 0 saturated carbocycles. The van der Waals surface area contributed by atoms with Crippen LogP contribution in [0.15, 0.2) is 53.6 Å². The third-order valence-electron chi connectivity index (χ3n) is 4.47. The lowest BCUT2D eigenvalue weighted by atomic mass is 10.0. The van der Waals surface area contributed by atoms with Gasteiger partial charge in [-0.2, -0.15) is 5.10 Å². The highest BCUT2D eigenvalue weighted by molar-refractivity contribution is 6.31. The van der Waals surface area contributed by atoms with Crippen LogP contribution in [0.25, 0.3) is 0 Å². The molecule has 0 unspecified atom stereocenters. The average Bonchev–Trinajstić information content (AvgIpc) is 3.01. The number of nitrogens with zero attached hydrogens (tertiary/aromatic N) is 2. The van der Waals surface area contributed by atoms with Crippen molar-refractivity contribution in [2.45, 2.75) is 32.2 Å². The molecule has 0 spiro atoms. The minimum atomic E-state index is -1.02. The van der Waals surface area contributed by atoms with Gasteiger partial charge < -0.3 is 10.4 Å². The summed E-state index contributed by atoms with van der Waals surface area (Å²) < 4.78 is 0. The van der Waals surface area contributed by atoms with E-state index in [1.54, 1.807) is 49.4 Å². The minimum Gasteiger partial charge on any atom is -0.481 e. The standard InChI is InChI=1S/C21H20ClN3O4/c1-13-10-19(26)25(24-13)17-8-6-14(7-9-17)21(29)23-16(12-20(27)28)11-15-4-2-3-5-18(15)22/h2-9,16H,10-12H2,1H3,(H,23,29)(H,27,28)/t16-/m1/s1. The van der Waals surface area contributed by atoms with Gasteiger partial charge in [-0.25, -0.2) is 5.01 Å². The fraction of sp³-hybridized carbons (Fsp3) is 0.238. The molecule has 0 saturated heterocycles. The van der Waals surface area contributed by atoms with E-state index >= 15 is 0 Å². The Labute approximate surface area is 173 Å². The second-order valence-corrected chi connectivity index (χ2v) is 7.24. The van der Waals surface area contributed by atoms with Crippen LogP contribution in [0, 0.1) is 0 Å². The van der Waals surface area contributed by atoms with Crippen LogP contribution in [0.1, 0.15) is 35.7 Å². The first-order chi connectivity index (χ1) is 13.8. The van der Waals surface area contributed by atoms with Crippen molar-refractivity contribution in [1.82, 2.24) is 5.32 Å². The summed E-state index contributed by atoms with van der Waals surface area (Å²) in [7, 11) is 0. The van der Waals surface area contributed by atoms with E-state index in [1.165, 1.54) is 5.01 Å². The van der Waals surface area contributed by atoms with Crippen LogP contribution in [-0.4, -0.2) is 34.6 Å². The Morgan fingerprint density at radius 1 is 1.21 bits per heavy atom. The van der Waals surface area contributed by atoms with Crippen LogP contribution in [0.2, 0.25) is 5.02 Å². The Balaban J connectivity index is 1.71. The van der Waals surface area contributed by atoms with Gasteiger partial charge in [-0.3, -0.25) is 14.4 Å². The molecular weight excluding hydrogens is 394 g/mol. The predicted octanol–water partition coefficient (Wildman–Crippen LogP) is 3.27. The van der Waals surface area contributed by atoms with Crippen LogP contribution < -0.4 is 10.3 Å². The number of aliphatic carboxylic acids is 1. The average molecular weight is 414 g/mol. The third-order valence-corrected chi connectivity index (χ3v) is 4.84. The maximum atomic E-state index is 12.6. The Kier molecular flexibility index (Phi) is 6.29. The number of halogens is 1. The van der Waals surface area contributed by atoms with Crippen LogP contribution >= 0.6 is 11.6 Å². The SMILES string of the molecule is CC1=NN(c2ccc(C(=O)N[C@@H](CC(=O)O)Cc3ccccc3Cl)cc2)C(=O)C1. The van der Waals surface area contributed by atoms with E-state index < -0.39 is 17.9 Å². The van der Waals surface area contributed by atoms with Gasteiger partial charge >= 0.3 is 5.97 Å². The maximum absolute atomic E-state index is 12.6. The lowest BCUT2D eigenvalue weighted by molar-refractivity contribution is -0.137. The largest absolute Gasteiger partial charge is 0.481 e. The van der Waals surface area contributed by atoms with E-state index in [9.17, 15) is 19.5 Å². The predicted molar refractivity (Wildman–Crippen MR) is 110 cm³/mol. The highest BCUT2D eigenvalue weighted by atomic mass is 35.5. The van der Waals surface area contributed by atoms with Crippen molar-refractivity contribution >= 4 is 40.8 Å². The molecule has 2 aromatic rings. The number of carboxylic acid groups (broad SMARTS) is 1. The Bertz CT molecular complexity index is 972. The van der Waals surface area contributed by atoms with Crippen molar-refractivity contribution in [3.63, 3.8) is 0 Å². The molecule has 2 amide bonds. The van der Waals surface area contributed by atoms with Gasteiger partial charge in [-0.15, -0.1) is 0 Å². The Morgan fingerprint density at radius 3 is 2.48 bits per heavy atom. The quantitative estimate of drug-likeness (QED) is 0.727. The zero-order valence-corrected chi connectivity index (χ0v) is 16.5. The van der Waals surface area contributed by atoms with E-state index in [2.05, 4.69) is 10.4 Å².